The summed E-state index contributed by atoms with van der Waals surface area (Å²) in [4.78, 5) is 0.220. The summed E-state index contributed by atoms with van der Waals surface area (Å²) in [6.07, 6.45) is 0. The van der Waals surface area contributed by atoms with Crippen LogP contribution < -0.4 is 9.46 Å². The fourth-order valence-corrected chi connectivity index (χ4v) is 3.68. The first-order valence-electron chi connectivity index (χ1n) is 6.93. The van der Waals surface area contributed by atoms with Crippen molar-refractivity contribution in [3.63, 3.8) is 0 Å². The van der Waals surface area contributed by atoms with Gasteiger partial charge in [-0.1, -0.05) is 28.1 Å². The van der Waals surface area contributed by atoms with Gasteiger partial charge in [-0.15, -0.1) is 0 Å². The average molecular weight is 384 g/mol. The molecule has 0 saturated heterocycles. The van der Waals surface area contributed by atoms with Crippen molar-refractivity contribution in [1.82, 2.24) is 4.72 Å². The highest BCUT2D eigenvalue weighted by Gasteiger charge is 2.18. The quantitative estimate of drug-likeness (QED) is 0.822. The molecule has 0 spiro atoms. The van der Waals surface area contributed by atoms with Crippen molar-refractivity contribution < 1.29 is 13.2 Å². The van der Waals surface area contributed by atoms with Crippen LogP contribution in [0, 0.1) is 0 Å². The summed E-state index contributed by atoms with van der Waals surface area (Å²) in [6, 6.07) is 13.6. The van der Waals surface area contributed by atoms with Gasteiger partial charge in [-0.3, -0.25) is 0 Å². The van der Waals surface area contributed by atoms with Gasteiger partial charge in [0.05, 0.1) is 11.5 Å². The summed E-state index contributed by atoms with van der Waals surface area (Å²) in [5.41, 5.74) is 0.892. The van der Waals surface area contributed by atoms with Crippen molar-refractivity contribution in [3.05, 3.63) is 58.6 Å². The van der Waals surface area contributed by atoms with Crippen molar-refractivity contribution in [3.8, 4) is 5.75 Å². The van der Waals surface area contributed by atoms with Crippen LogP contribution in [0.2, 0.25) is 0 Å². The van der Waals surface area contributed by atoms with Gasteiger partial charge in [0.2, 0.25) is 10.0 Å². The molecule has 0 aromatic heterocycles. The van der Waals surface area contributed by atoms with Crippen LogP contribution in [-0.4, -0.2) is 15.0 Å². The minimum Gasteiger partial charge on any atom is -0.494 e. The number of hydrogen-bond acceptors (Lipinski definition) is 3. The Bertz CT molecular complexity index is 729. The Morgan fingerprint density at radius 3 is 2.45 bits per heavy atom. The van der Waals surface area contributed by atoms with Crippen LogP contribution in [0.5, 0.6) is 5.75 Å². The number of nitrogens with one attached hydrogen (secondary N) is 1. The van der Waals surface area contributed by atoms with E-state index in [9.17, 15) is 8.42 Å². The Kier molecular flexibility index (Phi) is 5.61. The van der Waals surface area contributed by atoms with Crippen LogP contribution in [-0.2, 0) is 10.0 Å². The first kappa shape index (κ1) is 17.0. The van der Waals surface area contributed by atoms with Gasteiger partial charge in [0, 0.05) is 10.5 Å². The number of ether oxygens (including phenoxy) is 1. The molecule has 0 heterocycles. The van der Waals surface area contributed by atoms with Crippen molar-refractivity contribution in [2.75, 3.05) is 6.61 Å². The van der Waals surface area contributed by atoms with Crippen LogP contribution in [0.1, 0.15) is 25.5 Å². The van der Waals surface area contributed by atoms with Crippen LogP contribution in [0.4, 0.5) is 0 Å². The Morgan fingerprint density at radius 1 is 1.18 bits per heavy atom. The van der Waals surface area contributed by atoms with Gasteiger partial charge in [-0.05, 0) is 55.8 Å². The molecule has 4 nitrogen and oxygen atoms in total. The Morgan fingerprint density at radius 2 is 1.86 bits per heavy atom. The summed E-state index contributed by atoms with van der Waals surface area (Å²) in [5.74, 6) is 0.654. The molecule has 0 amide bonds. The van der Waals surface area contributed by atoms with Gasteiger partial charge >= 0.3 is 0 Å². The highest BCUT2D eigenvalue weighted by molar-refractivity contribution is 9.10. The van der Waals surface area contributed by atoms with E-state index in [1.165, 1.54) is 0 Å². The lowest BCUT2D eigenvalue weighted by atomic mass is 10.1. The van der Waals surface area contributed by atoms with Crippen molar-refractivity contribution in [2.24, 2.45) is 0 Å². The monoisotopic (exact) mass is 383 g/mol. The van der Waals surface area contributed by atoms with Gasteiger partial charge in [0.15, 0.2) is 0 Å². The molecule has 1 atom stereocenters. The van der Waals surface area contributed by atoms with Gasteiger partial charge in [-0.2, -0.15) is 0 Å². The predicted molar refractivity (Wildman–Crippen MR) is 90.5 cm³/mol. The van der Waals surface area contributed by atoms with Crippen LogP contribution >= 0.6 is 15.9 Å². The zero-order valence-electron chi connectivity index (χ0n) is 12.4. The second-order valence-electron chi connectivity index (χ2n) is 4.80. The second kappa shape index (κ2) is 7.26. The molecule has 118 valence electrons. The molecule has 2 aromatic carbocycles. The van der Waals surface area contributed by atoms with E-state index in [0.29, 0.717) is 12.4 Å². The van der Waals surface area contributed by atoms with Gasteiger partial charge in [0.25, 0.3) is 0 Å². The van der Waals surface area contributed by atoms with Crippen LogP contribution in [0.15, 0.2) is 57.9 Å². The molecule has 2 aromatic rings. The summed E-state index contributed by atoms with van der Waals surface area (Å²) < 4.78 is 33.7. The molecule has 6 heteroatoms. The van der Waals surface area contributed by atoms with Crippen LogP contribution in [0.3, 0.4) is 0 Å². The number of benzene rings is 2. The van der Waals surface area contributed by atoms with Gasteiger partial charge in [-0.25, -0.2) is 13.1 Å². The van der Waals surface area contributed by atoms with Crippen molar-refractivity contribution in [2.45, 2.75) is 24.8 Å². The van der Waals surface area contributed by atoms with E-state index >= 15 is 0 Å². The topological polar surface area (TPSA) is 55.4 Å². The lowest BCUT2D eigenvalue weighted by Gasteiger charge is -2.15. The Hall–Kier alpha value is -1.37. The molecule has 0 bridgehead atoms. The number of hydrogen-bond donors (Lipinski definition) is 1. The van der Waals surface area contributed by atoms with E-state index in [1.54, 1.807) is 24.3 Å². The summed E-state index contributed by atoms with van der Waals surface area (Å²) in [6.45, 7) is 4.24. The van der Waals surface area contributed by atoms with Gasteiger partial charge < -0.3 is 4.74 Å². The lowest BCUT2D eigenvalue weighted by molar-refractivity contribution is 0.340. The maximum Gasteiger partial charge on any atom is 0.241 e. The molecule has 0 fully saturated rings. The minimum absolute atomic E-state index is 0.220. The number of rotatable bonds is 6. The maximum atomic E-state index is 12.4. The fourth-order valence-electron chi connectivity index (χ4n) is 2.03. The molecule has 2 rings (SSSR count). The van der Waals surface area contributed by atoms with E-state index < -0.39 is 10.0 Å². The van der Waals surface area contributed by atoms with E-state index in [2.05, 4.69) is 20.7 Å². The Labute approximate surface area is 139 Å². The normalized spacial score (nSPS) is 12.9. The minimum atomic E-state index is -3.57. The first-order valence-corrected chi connectivity index (χ1v) is 9.20. The Balaban J connectivity index is 2.16. The summed E-state index contributed by atoms with van der Waals surface area (Å²) >= 11 is 3.39. The van der Waals surface area contributed by atoms with E-state index in [0.717, 1.165) is 10.0 Å². The predicted octanol–water partition coefficient (Wildman–Crippen LogP) is 3.89. The van der Waals surface area contributed by atoms with E-state index in [-0.39, 0.29) is 10.9 Å². The van der Waals surface area contributed by atoms with E-state index in [4.69, 9.17) is 4.74 Å². The number of halogens is 1. The molecule has 1 unspecified atom stereocenters. The molecule has 0 aliphatic heterocycles. The third-order valence-electron chi connectivity index (χ3n) is 3.13. The highest BCUT2D eigenvalue weighted by Crippen LogP contribution is 2.21. The molecule has 1 N–H and O–H groups in total. The largest absolute Gasteiger partial charge is 0.494 e. The molecular weight excluding hydrogens is 366 g/mol. The zero-order chi connectivity index (χ0) is 16.2. The number of sulfonamides is 1. The molecule has 0 radical (unpaired) electrons. The lowest BCUT2D eigenvalue weighted by Crippen LogP contribution is -2.26. The highest BCUT2D eigenvalue weighted by atomic mass is 79.9. The molecule has 0 saturated carbocycles. The summed E-state index contributed by atoms with van der Waals surface area (Å²) in [5, 5.41) is 0. The molecule has 22 heavy (non-hydrogen) atoms. The molecule has 0 aliphatic carbocycles. The van der Waals surface area contributed by atoms with Crippen molar-refractivity contribution >= 4 is 26.0 Å². The third-order valence-corrected chi connectivity index (χ3v) is 5.18. The SMILES string of the molecule is CCOc1ccc(S(=O)(=O)NC(C)c2cccc(Br)c2)cc1. The standard InChI is InChI=1S/C16H18BrNO3S/c1-3-21-15-7-9-16(10-8-15)22(19,20)18-12(2)13-5-4-6-14(17)11-13/h4-12,18H,3H2,1-2H3. The van der Waals surface area contributed by atoms with Gasteiger partial charge in [0.1, 0.15) is 5.75 Å². The molecule has 0 aliphatic rings. The fraction of sp³-hybridized carbons (Fsp3) is 0.250. The second-order valence-corrected chi connectivity index (χ2v) is 7.43. The first-order chi connectivity index (χ1) is 10.4. The van der Waals surface area contributed by atoms with Crippen molar-refractivity contribution in [1.29, 1.82) is 0 Å². The zero-order valence-corrected chi connectivity index (χ0v) is 14.8. The summed E-state index contributed by atoms with van der Waals surface area (Å²) in [7, 11) is -3.57. The smallest absolute Gasteiger partial charge is 0.241 e. The maximum absolute atomic E-state index is 12.4. The van der Waals surface area contributed by atoms with E-state index in [1.807, 2.05) is 38.1 Å². The average Bonchev–Trinajstić information content (AvgIpc) is 2.48. The van der Waals surface area contributed by atoms with Crippen LogP contribution in [0.25, 0.3) is 0 Å². The third kappa shape index (κ3) is 4.32. The molecular formula is C16H18BrNO3S.